The first-order chi connectivity index (χ1) is 6.24. The lowest BCUT2D eigenvalue weighted by Crippen LogP contribution is -2.35. The van der Waals surface area contributed by atoms with Crippen LogP contribution in [0.15, 0.2) is 0 Å². The summed E-state index contributed by atoms with van der Waals surface area (Å²) in [5, 5.41) is 8.64. The largest absolute Gasteiger partial charge is 0.381 e. The van der Waals surface area contributed by atoms with Crippen LogP contribution < -0.4 is 0 Å². The molecule has 1 unspecified atom stereocenters. The van der Waals surface area contributed by atoms with Crippen molar-refractivity contribution in [2.45, 2.75) is 26.3 Å². The highest BCUT2D eigenvalue weighted by atomic mass is 16.5. The van der Waals surface area contributed by atoms with Gasteiger partial charge in [0.05, 0.1) is 19.2 Å². The van der Waals surface area contributed by atoms with Gasteiger partial charge in [-0.1, -0.05) is 0 Å². The molecule has 0 aliphatic carbocycles. The zero-order valence-corrected chi connectivity index (χ0v) is 8.49. The fourth-order valence-electron chi connectivity index (χ4n) is 1.61. The van der Waals surface area contributed by atoms with Gasteiger partial charge in [0, 0.05) is 19.2 Å². The highest BCUT2D eigenvalue weighted by Gasteiger charge is 2.20. The third kappa shape index (κ3) is 3.33. The second-order valence-corrected chi connectivity index (χ2v) is 3.91. The van der Waals surface area contributed by atoms with Crippen molar-refractivity contribution in [1.29, 1.82) is 5.26 Å². The minimum atomic E-state index is 0.459. The van der Waals surface area contributed by atoms with Gasteiger partial charge >= 0.3 is 0 Å². The van der Waals surface area contributed by atoms with E-state index in [1.807, 2.05) is 0 Å². The zero-order chi connectivity index (χ0) is 9.68. The predicted molar refractivity (Wildman–Crippen MR) is 51.2 cm³/mol. The second-order valence-electron chi connectivity index (χ2n) is 3.91. The van der Waals surface area contributed by atoms with E-state index in [2.05, 4.69) is 24.8 Å². The molecule has 0 saturated carbocycles. The lowest BCUT2D eigenvalue weighted by Gasteiger charge is -2.25. The summed E-state index contributed by atoms with van der Waals surface area (Å²) in [6.45, 7) is 7.57. The van der Waals surface area contributed by atoms with Crippen LogP contribution in [0.4, 0.5) is 0 Å². The SMILES string of the molecule is CC(C)N(CC#N)CC1CCOC1. The highest BCUT2D eigenvalue weighted by Crippen LogP contribution is 2.14. The Hall–Kier alpha value is -0.590. The van der Waals surface area contributed by atoms with Crippen molar-refractivity contribution in [3.05, 3.63) is 0 Å². The van der Waals surface area contributed by atoms with Crippen LogP contribution in [0, 0.1) is 17.2 Å². The van der Waals surface area contributed by atoms with Crippen molar-refractivity contribution in [2.24, 2.45) is 5.92 Å². The Bertz CT molecular complexity index is 180. The van der Waals surface area contributed by atoms with Gasteiger partial charge in [-0.15, -0.1) is 0 Å². The molecular formula is C10H18N2O. The molecule has 0 spiro atoms. The molecule has 0 aromatic heterocycles. The Labute approximate surface area is 80.3 Å². The molecule has 3 heteroatoms. The summed E-state index contributed by atoms with van der Waals surface area (Å²) >= 11 is 0. The molecule has 1 rings (SSSR count). The number of hydrogen-bond acceptors (Lipinski definition) is 3. The van der Waals surface area contributed by atoms with Crippen molar-refractivity contribution in [1.82, 2.24) is 4.90 Å². The summed E-state index contributed by atoms with van der Waals surface area (Å²) in [6, 6.07) is 2.67. The fourth-order valence-corrected chi connectivity index (χ4v) is 1.61. The molecule has 0 N–H and O–H groups in total. The molecule has 0 bridgehead atoms. The Kier molecular flexibility index (Phi) is 4.20. The minimum absolute atomic E-state index is 0.459. The Morgan fingerprint density at radius 2 is 2.38 bits per heavy atom. The smallest absolute Gasteiger partial charge is 0.0868 e. The summed E-state index contributed by atoms with van der Waals surface area (Å²) in [5.41, 5.74) is 0. The molecule has 1 atom stereocenters. The van der Waals surface area contributed by atoms with E-state index in [1.54, 1.807) is 0 Å². The normalized spacial score (nSPS) is 22.5. The topological polar surface area (TPSA) is 36.3 Å². The van der Waals surface area contributed by atoms with E-state index in [-0.39, 0.29) is 0 Å². The van der Waals surface area contributed by atoms with Crippen molar-refractivity contribution in [3.63, 3.8) is 0 Å². The van der Waals surface area contributed by atoms with Crippen molar-refractivity contribution in [2.75, 3.05) is 26.3 Å². The quantitative estimate of drug-likeness (QED) is 0.614. The third-order valence-corrected chi connectivity index (χ3v) is 2.52. The number of nitriles is 1. The van der Waals surface area contributed by atoms with Crippen LogP contribution in [0.5, 0.6) is 0 Å². The van der Waals surface area contributed by atoms with Gasteiger partial charge in [-0.2, -0.15) is 5.26 Å². The molecule has 1 aliphatic heterocycles. The van der Waals surface area contributed by atoms with Crippen LogP contribution in [-0.4, -0.2) is 37.2 Å². The molecule has 1 heterocycles. The second kappa shape index (κ2) is 5.21. The summed E-state index contributed by atoms with van der Waals surface area (Å²) in [7, 11) is 0. The Balaban J connectivity index is 2.33. The van der Waals surface area contributed by atoms with Gasteiger partial charge in [0.1, 0.15) is 0 Å². The monoisotopic (exact) mass is 182 g/mol. The number of nitrogens with zero attached hydrogens (tertiary/aromatic N) is 2. The van der Waals surface area contributed by atoms with Crippen LogP contribution in [0.25, 0.3) is 0 Å². The third-order valence-electron chi connectivity index (χ3n) is 2.52. The van der Waals surface area contributed by atoms with E-state index in [4.69, 9.17) is 10.00 Å². The number of ether oxygens (including phenoxy) is 1. The van der Waals surface area contributed by atoms with Gasteiger partial charge in [-0.3, -0.25) is 4.90 Å². The molecule has 0 aromatic rings. The van der Waals surface area contributed by atoms with Crippen LogP contribution in [0.1, 0.15) is 20.3 Å². The molecule has 1 aliphatic rings. The van der Waals surface area contributed by atoms with E-state index in [0.717, 1.165) is 26.2 Å². The lowest BCUT2D eigenvalue weighted by atomic mass is 10.1. The summed E-state index contributed by atoms with van der Waals surface area (Å²) in [4.78, 5) is 2.21. The molecular weight excluding hydrogens is 164 g/mol. The molecule has 1 fully saturated rings. The standard InChI is InChI=1S/C10H18N2O/c1-9(2)12(5-4-11)7-10-3-6-13-8-10/h9-10H,3,5-8H2,1-2H3. The van der Waals surface area contributed by atoms with Crippen LogP contribution in [0.2, 0.25) is 0 Å². The van der Waals surface area contributed by atoms with E-state index in [9.17, 15) is 0 Å². The minimum Gasteiger partial charge on any atom is -0.381 e. The van der Waals surface area contributed by atoms with E-state index < -0.39 is 0 Å². The first kappa shape index (κ1) is 10.5. The predicted octanol–water partition coefficient (Wildman–Crippen LogP) is 1.26. The Morgan fingerprint density at radius 1 is 1.62 bits per heavy atom. The van der Waals surface area contributed by atoms with E-state index in [0.29, 0.717) is 18.5 Å². The van der Waals surface area contributed by atoms with Crippen LogP contribution >= 0.6 is 0 Å². The van der Waals surface area contributed by atoms with Crippen molar-refractivity contribution in [3.8, 4) is 6.07 Å². The van der Waals surface area contributed by atoms with E-state index in [1.165, 1.54) is 0 Å². The average molecular weight is 182 g/mol. The van der Waals surface area contributed by atoms with E-state index >= 15 is 0 Å². The van der Waals surface area contributed by atoms with Crippen LogP contribution in [-0.2, 0) is 4.74 Å². The first-order valence-electron chi connectivity index (χ1n) is 4.92. The van der Waals surface area contributed by atoms with Crippen molar-refractivity contribution < 1.29 is 4.74 Å². The molecule has 13 heavy (non-hydrogen) atoms. The average Bonchev–Trinajstić information content (AvgIpc) is 2.56. The number of rotatable bonds is 4. The van der Waals surface area contributed by atoms with Gasteiger partial charge in [0.25, 0.3) is 0 Å². The van der Waals surface area contributed by atoms with Gasteiger partial charge in [-0.05, 0) is 26.2 Å². The van der Waals surface area contributed by atoms with Gasteiger partial charge in [0.15, 0.2) is 0 Å². The first-order valence-corrected chi connectivity index (χ1v) is 4.92. The molecule has 0 aromatic carbocycles. The van der Waals surface area contributed by atoms with Gasteiger partial charge in [-0.25, -0.2) is 0 Å². The Morgan fingerprint density at radius 3 is 2.85 bits per heavy atom. The number of hydrogen-bond donors (Lipinski definition) is 0. The van der Waals surface area contributed by atoms with Crippen molar-refractivity contribution >= 4 is 0 Å². The summed E-state index contributed by atoms with van der Waals surface area (Å²) in [6.07, 6.45) is 1.15. The van der Waals surface area contributed by atoms with Crippen LogP contribution in [0.3, 0.4) is 0 Å². The lowest BCUT2D eigenvalue weighted by molar-refractivity contribution is 0.161. The van der Waals surface area contributed by atoms with Gasteiger partial charge in [0.2, 0.25) is 0 Å². The molecule has 3 nitrogen and oxygen atoms in total. The zero-order valence-electron chi connectivity index (χ0n) is 8.49. The molecule has 1 saturated heterocycles. The maximum absolute atomic E-state index is 8.64. The van der Waals surface area contributed by atoms with Gasteiger partial charge < -0.3 is 4.74 Å². The summed E-state index contributed by atoms with van der Waals surface area (Å²) < 4.78 is 5.31. The maximum Gasteiger partial charge on any atom is 0.0868 e. The molecule has 0 radical (unpaired) electrons. The molecule has 74 valence electrons. The highest BCUT2D eigenvalue weighted by molar-refractivity contribution is 4.81. The maximum atomic E-state index is 8.64. The fraction of sp³-hybridized carbons (Fsp3) is 0.900. The molecule has 0 amide bonds. The summed E-state index contributed by atoms with van der Waals surface area (Å²) in [5.74, 6) is 0.635.